The molecule has 4 heterocycles. The fourth-order valence-corrected chi connectivity index (χ4v) is 6.11. The van der Waals surface area contributed by atoms with E-state index in [2.05, 4.69) is 15.8 Å². The lowest BCUT2D eigenvalue weighted by molar-refractivity contribution is -0.137. The Kier molecular flexibility index (Phi) is 6.39. The van der Waals surface area contributed by atoms with E-state index in [9.17, 15) is 28.3 Å². The molecule has 0 aromatic heterocycles. The molecule has 3 atom stereocenters. The van der Waals surface area contributed by atoms with Crippen molar-refractivity contribution in [2.45, 2.75) is 56.3 Å². The maximum Gasteiger partial charge on any atom is 0.274 e. The van der Waals surface area contributed by atoms with Gasteiger partial charge in [-0.1, -0.05) is 41.6 Å². The average Bonchev–Trinajstić information content (AvgIpc) is 3.31. The van der Waals surface area contributed by atoms with Crippen LogP contribution >= 0.6 is 0 Å². The van der Waals surface area contributed by atoms with Gasteiger partial charge in [0.2, 0.25) is 5.78 Å². The predicted octanol–water partition coefficient (Wildman–Crippen LogP) is 2.97. The zero-order chi connectivity index (χ0) is 28.9. The number of rotatable bonds is 5. The van der Waals surface area contributed by atoms with Crippen molar-refractivity contribution >= 4 is 23.3 Å². The standard InChI is InChI=1S/C30H28F2N4O5/c1-17-9-10-30(13-21(35-41-30)11-18-5-3-2-4-6-18)29-14-22(25(37)26(38)24(34-29)28(40)36(17)16-29)27(39)33-15-19-7-8-20(31)12-23(19)32/h2-8,12,14,17,34,38H,9-11,13,15-16H2,1H3,(H,33,39). The Morgan fingerprint density at radius 1 is 1.22 bits per heavy atom. The molecule has 11 heteroatoms. The molecule has 0 radical (unpaired) electrons. The number of piperazine rings is 1. The van der Waals surface area contributed by atoms with Crippen molar-refractivity contribution in [1.29, 1.82) is 0 Å². The molecule has 41 heavy (non-hydrogen) atoms. The van der Waals surface area contributed by atoms with Crippen molar-refractivity contribution < 1.29 is 33.1 Å². The lowest BCUT2D eigenvalue weighted by atomic mass is 9.72. The minimum absolute atomic E-state index is 0.0122. The molecule has 212 valence electrons. The van der Waals surface area contributed by atoms with E-state index in [1.54, 1.807) is 4.90 Å². The third-order valence-electron chi connectivity index (χ3n) is 8.43. The van der Waals surface area contributed by atoms with Crippen LogP contribution in [0.3, 0.4) is 0 Å². The van der Waals surface area contributed by atoms with Gasteiger partial charge < -0.3 is 25.5 Å². The number of amides is 2. The molecule has 0 saturated carbocycles. The SMILES string of the molecule is CC1CCC2(CC(Cc3ccccc3)=NO2)C23C=C(C(=O)NCc4ccc(F)cc4F)C(=O)C(O)=C(N2)C(=O)N1C3. The van der Waals surface area contributed by atoms with Crippen LogP contribution in [0, 0.1) is 11.6 Å². The first-order valence-corrected chi connectivity index (χ1v) is 13.4. The molecule has 2 amide bonds. The van der Waals surface area contributed by atoms with Crippen LogP contribution in [0.4, 0.5) is 8.78 Å². The Morgan fingerprint density at radius 3 is 2.76 bits per heavy atom. The summed E-state index contributed by atoms with van der Waals surface area (Å²) in [7, 11) is 0. The molecular weight excluding hydrogens is 534 g/mol. The summed E-state index contributed by atoms with van der Waals surface area (Å²) in [6, 6.07) is 12.5. The summed E-state index contributed by atoms with van der Waals surface area (Å²) in [5, 5.41) is 21.0. The van der Waals surface area contributed by atoms with Crippen LogP contribution in [-0.4, -0.2) is 57.0 Å². The second-order valence-corrected chi connectivity index (χ2v) is 11.0. The lowest BCUT2D eigenvalue weighted by Gasteiger charge is -2.49. The Bertz CT molecular complexity index is 1560. The molecule has 4 aliphatic rings. The summed E-state index contributed by atoms with van der Waals surface area (Å²) in [5.74, 6) is -4.99. The van der Waals surface area contributed by atoms with Crippen LogP contribution in [0.25, 0.3) is 0 Å². The van der Waals surface area contributed by atoms with E-state index in [0.29, 0.717) is 31.7 Å². The highest BCUT2D eigenvalue weighted by molar-refractivity contribution is 6.26. The molecular formula is C30H28F2N4O5. The predicted molar refractivity (Wildman–Crippen MR) is 143 cm³/mol. The molecule has 2 aromatic carbocycles. The maximum atomic E-state index is 14.2. The van der Waals surface area contributed by atoms with Crippen molar-refractivity contribution in [3.05, 3.63) is 94.4 Å². The van der Waals surface area contributed by atoms with Gasteiger partial charge >= 0.3 is 0 Å². The van der Waals surface area contributed by atoms with Gasteiger partial charge in [-0.15, -0.1) is 0 Å². The van der Waals surface area contributed by atoms with Crippen LogP contribution < -0.4 is 10.6 Å². The topological polar surface area (TPSA) is 120 Å². The summed E-state index contributed by atoms with van der Waals surface area (Å²) >= 11 is 0. The number of oxime groups is 1. The molecule has 0 aliphatic carbocycles. The van der Waals surface area contributed by atoms with Crippen LogP contribution in [0.2, 0.25) is 0 Å². The fourth-order valence-electron chi connectivity index (χ4n) is 6.11. The van der Waals surface area contributed by atoms with Gasteiger partial charge in [-0.2, -0.15) is 0 Å². The number of carbonyl (C=O) groups excluding carboxylic acids is 3. The van der Waals surface area contributed by atoms with Gasteiger partial charge in [0.15, 0.2) is 11.4 Å². The molecule has 4 aliphatic heterocycles. The van der Waals surface area contributed by atoms with Crippen LogP contribution in [0.15, 0.2) is 76.8 Å². The van der Waals surface area contributed by atoms with Gasteiger partial charge in [0, 0.05) is 37.1 Å². The van der Waals surface area contributed by atoms with Crippen LogP contribution in [0.1, 0.15) is 37.3 Å². The maximum absolute atomic E-state index is 14.2. The van der Waals surface area contributed by atoms with Crippen LogP contribution in [-0.2, 0) is 32.2 Å². The van der Waals surface area contributed by atoms with E-state index in [1.807, 2.05) is 37.3 Å². The number of hydrogen-bond donors (Lipinski definition) is 3. The largest absolute Gasteiger partial charge is 0.503 e. The second kappa shape index (κ2) is 9.83. The molecule has 2 aromatic rings. The molecule has 2 fully saturated rings. The minimum atomic E-state index is -1.29. The first-order chi connectivity index (χ1) is 19.6. The summed E-state index contributed by atoms with van der Waals surface area (Å²) in [6.45, 7) is 1.62. The number of ketones is 1. The van der Waals surface area contributed by atoms with Gasteiger partial charge in [-0.25, -0.2) is 8.78 Å². The first kappa shape index (κ1) is 26.7. The molecule has 3 unspecified atom stereocenters. The highest BCUT2D eigenvalue weighted by atomic mass is 19.1. The number of allylic oxidation sites excluding steroid dienone is 1. The van der Waals surface area contributed by atoms with E-state index in [0.717, 1.165) is 17.3 Å². The number of benzene rings is 2. The van der Waals surface area contributed by atoms with Crippen molar-refractivity contribution in [2.24, 2.45) is 5.16 Å². The van der Waals surface area contributed by atoms with Crippen molar-refractivity contribution in [3.8, 4) is 0 Å². The number of carbonyl (C=O) groups is 3. The Labute approximate surface area is 234 Å². The normalized spacial score (nSPS) is 27.0. The quantitative estimate of drug-likeness (QED) is 0.482. The van der Waals surface area contributed by atoms with Crippen molar-refractivity contribution in [3.63, 3.8) is 0 Å². The highest BCUT2D eigenvalue weighted by Crippen LogP contribution is 2.47. The van der Waals surface area contributed by atoms with E-state index in [4.69, 9.17) is 4.84 Å². The van der Waals surface area contributed by atoms with Gasteiger partial charge in [-0.3, -0.25) is 14.4 Å². The van der Waals surface area contributed by atoms with Gasteiger partial charge in [-0.05, 0) is 37.5 Å². The molecule has 3 N–H and O–H groups in total. The lowest BCUT2D eigenvalue weighted by Crippen LogP contribution is -2.70. The zero-order valence-corrected chi connectivity index (χ0v) is 22.2. The van der Waals surface area contributed by atoms with Crippen LogP contribution in [0.5, 0.6) is 0 Å². The summed E-state index contributed by atoms with van der Waals surface area (Å²) < 4.78 is 27.5. The number of halogens is 2. The number of aliphatic hydroxyl groups is 1. The van der Waals surface area contributed by atoms with Crippen molar-refractivity contribution in [1.82, 2.24) is 15.5 Å². The Morgan fingerprint density at radius 2 is 2.00 bits per heavy atom. The monoisotopic (exact) mass is 562 g/mol. The number of fused-ring (bicyclic) bond motifs is 2. The molecule has 3 bridgehead atoms. The smallest absolute Gasteiger partial charge is 0.274 e. The van der Waals surface area contributed by atoms with E-state index >= 15 is 0 Å². The van der Waals surface area contributed by atoms with Crippen molar-refractivity contribution in [2.75, 3.05) is 6.54 Å². The number of hydrogen-bond acceptors (Lipinski definition) is 7. The van der Waals surface area contributed by atoms with E-state index in [1.165, 1.54) is 12.1 Å². The Hall–Kier alpha value is -4.54. The third-order valence-corrected chi connectivity index (χ3v) is 8.43. The number of nitrogens with zero attached hydrogens (tertiary/aromatic N) is 2. The highest BCUT2D eigenvalue weighted by Gasteiger charge is 2.63. The fraction of sp³-hybridized carbons (Fsp3) is 0.333. The van der Waals surface area contributed by atoms with E-state index in [-0.39, 0.29) is 30.4 Å². The summed E-state index contributed by atoms with van der Waals surface area (Å²) in [4.78, 5) is 48.0. The zero-order valence-electron chi connectivity index (χ0n) is 22.2. The molecule has 6 rings (SSSR count). The second-order valence-electron chi connectivity index (χ2n) is 11.0. The molecule has 9 nitrogen and oxygen atoms in total. The molecule has 2 spiro atoms. The van der Waals surface area contributed by atoms with Gasteiger partial charge in [0.1, 0.15) is 22.9 Å². The average molecular weight is 563 g/mol. The molecule has 2 saturated heterocycles. The number of nitrogens with one attached hydrogen (secondary N) is 2. The number of aliphatic hydroxyl groups excluding tert-OH is 1. The first-order valence-electron chi connectivity index (χ1n) is 13.4. The van der Waals surface area contributed by atoms with E-state index < -0.39 is 51.7 Å². The minimum Gasteiger partial charge on any atom is -0.503 e. The number of Topliss-reactive ketones (excluding diaryl/α,β-unsaturated/α-hetero) is 1. The summed E-state index contributed by atoms with van der Waals surface area (Å²) in [5.41, 5.74) is -1.28. The van der Waals surface area contributed by atoms with Gasteiger partial charge in [0.25, 0.3) is 11.8 Å². The van der Waals surface area contributed by atoms with Gasteiger partial charge in [0.05, 0.1) is 17.8 Å². The third kappa shape index (κ3) is 4.45. The Balaban J connectivity index is 1.38. The summed E-state index contributed by atoms with van der Waals surface area (Å²) in [6.07, 6.45) is 3.32.